The molecule has 9 heteroatoms. The molecule has 3 rings (SSSR count). The minimum Gasteiger partial charge on any atom is -0.484 e. The van der Waals surface area contributed by atoms with Crippen LogP contribution < -0.4 is 20.7 Å². The minimum atomic E-state index is -0.0648. The van der Waals surface area contributed by atoms with E-state index < -0.39 is 0 Å². The van der Waals surface area contributed by atoms with Crippen molar-refractivity contribution in [3.8, 4) is 5.75 Å². The summed E-state index contributed by atoms with van der Waals surface area (Å²) in [6.45, 7) is 6.25. The van der Waals surface area contributed by atoms with Crippen LogP contribution in [0.2, 0.25) is 0 Å². The quantitative estimate of drug-likeness (QED) is 0.244. The van der Waals surface area contributed by atoms with E-state index in [-0.39, 0.29) is 36.5 Å². The standard InChI is InChI=1S/C21H29N5O2S.HI/c1-3-22-21(23-10-9-20-24-12-15(2)29-20)25-13-16-5-4-6-18(11-16)28-14-19(27)26-17-7-8-17;/h4-6,11-12,17H,3,7-10,13-14H2,1-2H3,(H,26,27)(H2,22,23,25);1H. The lowest BCUT2D eigenvalue weighted by atomic mass is 10.2. The Morgan fingerprint density at radius 1 is 1.33 bits per heavy atom. The molecule has 2 aromatic rings. The molecule has 0 saturated heterocycles. The lowest BCUT2D eigenvalue weighted by Gasteiger charge is -2.11. The molecule has 3 N–H and O–H groups in total. The molecule has 1 aromatic carbocycles. The second kappa shape index (κ2) is 12.7. The van der Waals surface area contributed by atoms with Gasteiger partial charge in [0.15, 0.2) is 12.6 Å². The monoisotopic (exact) mass is 543 g/mol. The van der Waals surface area contributed by atoms with Gasteiger partial charge in [0.1, 0.15) is 5.75 Å². The van der Waals surface area contributed by atoms with Crippen molar-refractivity contribution in [2.75, 3.05) is 19.7 Å². The number of halogens is 1. The molecule has 7 nitrogen and oxygen atoms in total. The van der Waals surface area contributed by atoms with Gasteiger partial charge in [0.05, 0.1) is 11.6 Å². The summed E-state index contributed by atoms with van der Waals surface area (Å²) in [6, 6.07) is 8.06. The van der Waals surface area contributed by atoms with Crippen LogP contribution in [0.15, 0.2) is 35.5 Å². The zero-order valence-corrected chi connectivity index (χ0v) is 20.6. The molecule has 1 fully saturated rings. The third-order valence-electron chi connectivity index (χ3n) is 4.28. The van der Waals surface area contributed by atoms with Crippen molar-refractivity contribution in [1.82, 2.24) is 20.9 Å². The summed E-state index contributed by atoms with van der Waals surface area (Å²) in [6.07, 6.45) is 4.93. The molecule has 1 amide bonds. The SMILES string of the molecule is CCNC(=NCc1cccc(OCC(=O)NC2CC2)c1)NCCc1ncc(C)s1.I. The van der Waals surface area contributed by atoms with Crippen LogP contribution in [0.3, 0.4) is 0 Å². The molecule has 1 aromatic heterocycles. The molecule has 30 heavy (non-hydrogen) atoms. The molecule has 0 spiro atoms. The molecule has 0 radical (unpaired) electrons. The van der Waals surface area contributed by atoms with Gasteiger partial charge in [0, 0.05) is 36.6 Å². The number of aryl methyl sites for hydroxylation is 1. The summed E-state index contributed by atoms with van der Waals surface area (Å²) >= 11 is 1.72. The van der Waals surface area contributed by atoms with E-state index in [1.54, 1.807) is 11.3 Å². The Morgan fingerprint density at radius 3 is 2.87 bits per heavy atom. The molecular weight excluding hydrogens is 513 g/mol. The second-order valence-corrected chi connectivity index (χ2v) is 8.33. The van der Waals surface area contributed by atoms with E-state index >= 15 is 0 Å². The van der Waals surface area contributed by atoms with Crippen molar-refractivity contribution >= 4 is 47.2 Å². The number of ether oxygens (including phenoxy) is 1. The van der Waals surface area contributed by atoms with Crippen LogP contribution in [0, 0.1) is 6.92 Å². The van der Waals surface area contributed by atoms with Gasteiger partial charge in [-0.1, -0.05) is 12.1 Å². The number of hydrogen-bond donors (Lipinski definition) is 3. The van der Waals surface area contributed by atoms with Crippen LogP contribution in [0.1, 0.15) is 35.2 Å². The normalized spacial score (nSPS) is 13.3. The van der Waals surface area contributed by atoms with Crippen molar-refractivity contribution in [3.63, 3.8) is 0 Å². The first-order valence-electron chi connectivity index (χ1n) is 10.1. The van der Waals surface area contributed by atoms with Gasteiger partial charge in [-0.3, -0.25) is 4.79 Å². The second-order valence-electron chi connectivity index (χ2n) is 7.01. The molecule has 0 unspecified atom stereocenters. The predicted molar refractivity (Wildman–Crippen MR) is 132 cm³/mol. The summed E-state index contributed by atoms with van der Waals surface area (Å²) in [5.41, 5.74) is 1.03. The first kappa shape index (κ1) is 24.4. The summed E-state index contributed by atoms with van der Waals surface area (Å²) < 4.78 is 5.61. The topological polar surface area (TPSA) is 87.6 Å². The summed E-state index contributed by atoms with van der Waals surface area (Å²) in [5.74, 6) is 1.39. The van der Waals surface area contributed by atoms with Crippen molar-refractivity contribution in [2.45, 2.75) is 45.7 Å². The Hall–Kier alpha value is -1.88. The molecule has 1 aliphatic carbocycles. The Bertz CT molecular complexity index is 838. The van der Waals surface area contributed by atoms with E-state index in [4.69, 9.17) is 4.74 Å². The molecule has 164 valence electrons. The maximum Gasteiger partial charge on any atom is 0.258 e. The third kappa shape index (κ3) is 8.86. The van der Waals surface area contributed by atoms with Crippen LogP contribution in [0.4, 0.5) is 0 Å². The summed E-state index contributed by atoms with van der Waals surface area (Å²) in [7, 11) is 0. The number of aromatic nitrogens is 1. The van der Waals surface area contributed by atoms with Gasteiger partial charge in [0.2, 0.25) is 0 Å². The molecule has 0 atom stereocenters. The Labute approximate surface area is 199 Å². The number of guanidine groups is 1. The van der Waals surface area contributed by atoms with Crippen LogP contribution >= 0.6 is 35.3 Å². The average Bonchev–Trinajstić information content (AvgIpc) is 3.43. The van der Waals surface area contributed by atoms with Crippen LogP contribution in [-0.4, -0.2) is 42.6 Å². The Kier molecular flexibility index (Phi) is 10.4. The van der Waals surface area contributed by atoms with Gasteiger partial charge in [-0.05, 0) is 44.4 Å². The highest BCUT2D eigenvalue weighted by Gasteiger charge is 2.23. The third-order valence-corrected chi connectivity index (χ3v) is 5.25. The van der Waals surface area contributed by atoms with Gasteiger partial charge < -0.3 is 20.7 Å². The molecule has 1 saturated carbocycles. The fourth-order valence-electron chi connectivity index (χ4n) is 2.70. The van der Waals surface area contributed by atoms with Crippen molar-refractivity contribution < 1.29 is 9.53 Å². The predicted octanol–water partition coefficient (Wildman–Crippen LogP) is 3.02. The van der Waals surface area contributed by atoms with E-state index in [1.165, 1.54) is 4.88 Å². The lowest BCUT2D eigenvalue weighted by molar-refractivity contribution is -0.123. The summed E-state index contributed by atoms with van der Waals surface area (Å²) in [4.78, 5) is 22.0. The van der Waals surface area contributed by atoms with Gasteiger partial charge in [-0.15, -0.1) is 35.3 Å². The van der Waals surface area contributed by atoms with Crippen LogP contribution in [0.5, 0.6) is 5.75 Å². The number of nitrogens with one attached hydrogen (secondary N) is 3. The minimum absolute atomic E-state index is 0. The Balaban J connectivity index is 0.00000320. The van der Waals surface area contributed by atoms with Gasteiger partial charge in [-0.25, -0.2) is 9.98 Å². The molecule has 0 bridgehead atoms. The maximum absolute atomic E-state index is 11.8. The smallest absolute Gasteiger partial charge is 0.258 e. The van der Waals surface area contributed by atoms with Gasteiger partial charge >= 0.3 is 0 Å². The van der Waals surface area contributed by atoms with Crippen LogP contribution in [0.25, 0.3) is 0 Å². The van der Waals surface area contributed by atoms with Crippen molar-refractivity contribution in [3.05, 3.63) is 45.9 Å². The molecule has 1 heterocycles. The Morgan fingerprint density at radius 2 is 2.17 bits per heavy atom. The molecular formula is C21H30IN5O2S. The number of carbonyl (C=O) groups is 1. The van der Waals surface area contributed by atoms with E-state index in [2.05, 4.69) is 32.9 Å². The van der Waals surface area contributed by atoms with E-state index in [0.717, 1.165) is 48.9 Å². The molecule has 1 aliphatic rings. The van der Waals surface area contributed by atoms with Crippen molar-refractivity contribution in [1.29, 1.82) is 0 Å². The zero-order valence-electron chi connectivity index (χ0n) is 17.4. The number of amides is 1. The highest BCUT2D eigenvalue weighted by atomic mass is 127. The molecule has 0 aliphatic heterocycles. The number of aliphatic imine (C=N–C) groups is 1. The first-order valence-corrected chi connectivity index (χ1v) is 10.9. The van der Waals surface area contributed by atoms with E-state index in [1.807, 2.05) is 37.4 Å². The highest BCUT2D eigenvalue weighted by molar-refractivity contribution is 14.0. The average molecular weight is 543 g/mol. The van der Waals surface area contributed by atoms with E-state index in [0.29, 0.717) is 18.3 Å². The zero-order chi connectivity index (χ0) is 20.5. The fraction of sp³-hybridized carbons (Fsp3) is 0.476. The fourth-order valence-corrected chi connectivity index (χ4v) is 3.48. The van der Waals surface area contributed by atoms with Gasteiger partial charge in [-0.2, -0.15) is 0 Å². The number of benzene rings is 1. The van der Waals surface area contributed by atoms with Crippen LogP contribution in [-0.2, 0) is 17.8 Å². The summed E-state index contributed by atoms with van der Waals surface area (Å²) in [5, 5.41) is 10.7. The number of rotatable bonds is 10. The largest absolute Gasteiger partial charge is 0.484 e. The lowest BCUT2D eigenvalue weighted by Crippen LogP contribution is -2.38. The van der Waals surface area contributed by atoms with Crippen molar-refractivity contribution in [2.24, 2.45) is 4.99 Å². The maximum atomic E-state index is 11.8. The number of nitrogens with zero attached hydrogens (tertiary/aromatic N) is 2. The number of carbonyl (C=O) groups excluding carboxylic acids is 1. The highest BCUT2D eigenvalue weighted by Crippen LogP contribution is 2.18. The first-order chi connectivity index (χ1) is 14.1. The van der Waals surface area contributed by atoms with E-state index in [9.17, 15) is 4.79 Å². The number of hydrogen-bond acceptors (Lipinski definition) is 5. The number of thiazole rings is 1. The van der Waals surface area contributed by atoms with Gasteiger partial charge in [0.25, 0.3) is 5.91 Å².